The molecular formula is C26H28N6O2. The highest BCUT2D eigenvalue weighted by Gasteiger charge is 2.23. The van der Waals surface area contributed by atoms with E-state index in [4.69, 9.17) is 9.72 Å². The second-order valence-corrected chi connectivity index (χ2v) is 8.69. The fourth-order valence-corrected chi connectivity index (χ4v) is 4.37. The number of fused-ring (bicyclic) bond motifs is 1. The molecule has 5 rings (SSSR count). The fraction of sp³-hybridized carbons (Fsp3) is 0.308. The predicted octanol–water partition coefficient (Wildman–Crippen LogP) is 3.02. The zero-order chi connectivity index (χ0) is 23.7. The summed E-state index contributed by atoms with van der Waals surface area (Å²) in [6, 6.07) is 13.8. The maximum atomic E-state index is 13.1. The molecule has 0 unspecified atom stereocenters. The number of rotatable bonds is 5. The Labute approximate surface area is 198 Å². The molecule has 1 amide bonds. The molecule has 1 fully saturated rings. The third-order valence-electron chi connectivity index (χ3n) is 6.41. The number of methoxy groups -OCH3 is 1. The number of hydrogen-bond donors (Lipinski definition) is 0. The molecule has 1 aromatic carbocycles. The monoisotopic (exact) mass is 456 g/mol. The first-order chi connectivity index (χ1) is 16.5. The van der Waals surface area contributed by atoms with E-state index in [9.17, 15) is 4.79 Å². The zero-order valence-electron chi connectivity index (χ0n) is 19.7. The van der Waals surface area contributed by atoms with Crippen molar-refractivity contribution in [3.8, 4) is 17.1 Å². The molecule has 0 N–H and O–H groups in total. The lowest BCUT2D eigenvalue weighted by Gasteiger charge is -2.32. The third-order valence-corrected chi connectivity index (χ3v) is 6.41. The van der Waals surface area contributed by atoms with E-state index < -0.39 is 0 Å². The lowest BCUT2D eigenvalue weighted by atomic mass is 10.1. The van der Waals surface area contributed by atoms with E-state index in [1.54, 1.807) is 19.5 Å². The van der Waals surface area contributed by atoms with Gasteiger partial charge in [0.1, 0.15) is 17.3 Å². The average molecular weight is 457 g/mol. The van der Waals surface area contributed by atoms with Gasteiger partial charge in [-0.05, 0) is 42.9 Å². The van der Waals surface area contributed by atoms with E-state index in [0.717, 1.165) is 65.5 Å². The Hall–Kier alpha value is -3.78. The summed E-state index contributed by atoms with van der Waals surface area (Å²) in [6.45, 7) is 3.34. The molecule has 8 heteroatoms. The molecule has 174 valence electrons. The second-order valence-electron chi connectivity index (χ2n) is 8.69. The number of hydrogen-bond acceptors (Lipinski definition) is 6. The van der Waals surface area contributed by atoms with Crippen LogP contribution in [0, 0.1) is 0 Å². The Bertz CT molecular complexity index is 1340. The van der Waals surface area contributed by atoms with Crippen molar-refractivity contribution in [3.05, 3.63) is 71.9 Å². The number of aromatic nitrogens is 4. The van der Waals surface area contributed by atoms with Crippen LogP contribution in [-0.2, 0) is 13.5 Å². The van der Waals surface area contributed by atoms with Crippen LogP contribution in [0.2, 0.25) is 0 Å². The number of aryl methyl sites for hydroxylation is 1. The Kier molecular flexibility index (Phi) is 5.98. The molecule has 0 spiro atoms. The highest BCUT2D eigenvalue weighted by molar-refractivity contribution is 5.99. The molecule has 34 heavy (non-hydrogen) atoms. The van der Waals surface area contributed by atoms with Crippen LogP contribution in [-0.4, -0.2) is 75.6 Å². The van der Waals surface area contributed by atoms with Gasteiger partial charge in [0.25, 0.3) is 5.91 Å². The lowest BCUT2D eigenvalue weighted by molar-refractivity contribution is 0.0655. The van der Waals surface area contributed by atoms with Gasteiger partial charge in [0.15, 0.2) is 0 Å². The summed E-state index contributed by atoms with van der Waals surface area (Å²) in [5, 5.41) is 1.04. The lowest BCUT2D eigenvalue weighted by Crippen LogP contribution is -2.47. The van der Waals surface area contributed by atoms with Crippen LogP contribution in [0.3, 0.4) is 0 Å². The highest BCUT2D eigenvalue weighted by atomic mass is 16.5. The molecule has 4 aromatic rings. The predicted molar refractivity (Wildman–Crippen MR) is 131 cm³/mol. The van der Waals surface area contributed by atoms with Crippen molar-refractivity contribution in [3.63, 3.8) is 0 Å². The Morgan fingerprint density at radius 2 is 1.74 bits per heavy atom. The summed E-state index contributed by atoms with van der Waals surface area (Å²) < 4.78 is 7.29. The minimum atomic E-state index is 0.0928. The van der Waals surface area contributed by atoms with Gasteiger partial charge in [-0.1, -0.05) is 6.07 Å². The number of ether oxygens (including phenoxy) is 1. The van der Waals surface area contributed by atoms with Gasteiger partial charge in [-0.25, -0.2) is 9.97 Å². The van der Waals surface area contributed by atoms with E-state index in [1.165, 1.54) is 0 Å². The van der Waals surface area contributed by atoms with E-state index in [2.05, 4.69) is 40.1 Å². The number of benzene rings is 1. The highest BCUT2D eigenvalue weighted by Crippen LogP contribution is 2.24. The zero-order valence-corrected chi connectivity index (χ0v) is 19.7. The average Bonchev–Trinajstić information content (AvgIpc) is 3.20. The van der Waals surface area contributed by atoms with Crippen molar-refractivity contribution in [1.29, 1.82) is 0 Å². The van der Waals surface area contributed by atoms with E-state index >= 15 is 0 Å². The first-order valence-corrected chi connectivity index (χ1v) is 11.4. The molecular weight excluding hydrogens is 428 g/mol. The van der Waals surface area contributed by atoms with Crippen molar-refractivity contribution in [2.75, 3.05) is 40.3 Å². The first kappa shape index (κ1) is 22.0. The standard InChI is InChI=1S/C26H28N6O2/c1-30-10-12-32(13-11-30)26(33)24-16-19-14-18(4-5-23(19)31(24)2)15-25-28-9-7-21(29-25)22-17-20(34-3)6-8-27-22/h4-9,14,16-17H,10-13,15H2,1-3H3. The van der Waals surface area contributed by atoms with Crippen LogP contribution < -0.4 is 4.74 Å². The molecule has 3 aromatic heterocycles. The van der Waals surface area contributed by atoms with Crippen LogP contribution in [0.4, 0.5) is 0 Å². The molecule has 1 aliphatic rings. The van der Waals surface area contributed by atoms with Crippen molar-refractivity contribution < 1.29 is 9.53 Å². The largest absolute Gasteiger partial charge is 0.497 e. The van der Waals surface area contributed by atoms with E-state index in [1.807, 2.05) is 40.8 Å². The summed E-state index contributed by atoms with van der Waals surface area (Å²) in [5.74, 6) is 1.54. The minimum absolute atomic E-state index is 0.0928. The van der Waals surface area contributed by atoms with Gasteiger partial charge >= 0.3 is 0 Å². The van der Waals surface area contributed by atoms with Crippen molar-refractivity contribution in [2.24, 2.45) is 7.05 Å². The van der Waals surface area contributed by atoms with Gasteiger partial charge < -0.3 is 19.1 Å². The fourth-order valence-electron chi connectivity index (χ4n) is 4.37. The summed E-state index contributed by atoms with van der Waals surface area (Å²) in [6.07, 6.45) is 4.05. The van der Waals surface area contributed by atoms with Gasteiger partial charge in [0.05, 0.1) is 18.5 Å². The quantitative estimate of drug-likeness (QED) is 0.460. The number of carbonyl (C=O) groups is 1. The topological polar surface area (TPSA) is 76.4 Å². The van der Waals surface area contributed by atoms with Crippen LogP contribution in [0.25, 0.3) is 22.3 Å². The number of pyridine rings is 1. The maximum absolute atomic E-state index is 13.1. The summed E-state index contributed by atoms with van der Waals surface area (Å²) in [7, 11) is 5.68. The molecule has 0 aliphatic carbocycles. The SMILES string of the molecule is COc1ccnc(-c2ccnc(Cc3ccc4c(c3)cc(C(=O)N3CCN(C)CC3)n4C)n2)c1. The number of amides is 1. The second kappa shape index (κ2) is 9.23. The van der Waals surface area contributed by atoms with Crippen LogP contribution in [0.5, 0.6) is 5.75 Å². The molecule has 0 radical (unpaired) electrons. The maximum Gasteiger partial charge on any atom is 0.270 e. The summed E-state index contributed by atoms with van der Waals surface area (Å²) in [5.41, 5.74) is 4.35. The van der Waals surface area contributed by atoms with Crippen LogP contribution in [0.15, 0.2) is 54.9 Å². The molecule has 1 saturated heterocycles. The van der Waals surface area contributed by atoms with Gasteiger partial charge in [-0.15, -0.1) is 0 Å². The van der Waals surface area contributed by atoms with Crippen LogP contribution in [0.1, 0.15) is 21.9 Å². The normalized spacial score (nSPS) is 14.5. The molecule has 0 saturated carbocycles. The van der Waals surface area contributed by atoms with Gasteiger partial charge in [-0.3, -0.25) is 9.78 Å². The molecule has 8 nitrogen and oxygen atoms in total. The third kappa shape index (κ3) is 4.36. The number of nitrogens with zero attached hydrogens (tertiary/aromatic N) is 6. The summed E-state index contributed by atoms with van der Waals surface area (Å²) >= 11 is 0. The molecule has 0 atom stereocenters. The van der Waals surface area contributed by atoms with Crippen molar-refractivity contribution in [1.82, 2.24) is 29.3 Å². The van der Waals surface area contributed by atoms with Gasteiger partial charge in [-0.2, -0.15) is 0 Å². The molecule has 0 bridgehead atoms. The molecule has 1 aliphatic heterocycles. The van der Waals surface area contributed by atoms with Gasteiger partial charge in [0, 0.05) is 69.0 Å². The smallest absolute Gasteiger partial charge is 0.270 e. The molecule has 4 heterocycles. The van der Waals surface area contributed by atoms with Crippen molar-refractivity contribution >= 4 is 16.8 Å². The summed E-state index contributed by atoms with van der Waals surface area (Å²) in [4.78, 5) is 30.9. The minimum Gasteiger partial charge on any atom is -0.497 e. The number of piperazine rings is 1. The van der Waals surface area contributed by atoms with Gasteiger partial charge in [0.2, 0.25) is 0 Å². The number of likely N-dealkylation sites (N-methyl/N-ethyl adjacent to an activating group) is 1. The van der Waals surface area contributed by atoms with Crippen LogP contribution >= 0.6 is 0 Å². The number of carbonyl (C=O) groups excluding carboxylic acids is 1. The van der Waals surface area contributed by atoms with Crippen molar-refractivity contribution in [2.45, 2.75) is 6.42 Å². The Morgan fingerprint density at radius 1 is 0.941 bits per heavy atom. The van der Waals surface area contributed by atoms with E-state index in [-0.39, 0.29) is 5.91 Å². The first-order valence-electron chi connectivity index (χ1n) is 11.4. The Balaban J connectivity index is 1.38. The Morgan fingerprint density at radius 3 is 2.53 bits per heavy atom. The van der Waals surface area contributed by atoms with E-state index in [0.29, 0.717) is 12.2 Å².